The van der Waals surface area contributed by atoms with Crippen molar-refractivity contribution in [2.24, 2.45) is 0 Å². The quantitative estimate of drug-likeness (QED) is 0.852. The van der Waals surface area contributed by atoms with Crippen LogP contribution in [0, 0.1) is 0 Å². The Morgan fingerprint density at radius 2 is 2.00 bits per heavy atom. The van der Waals surface area contributed by atoms with Gasteiger partial charge in [0.25, 0.3) is 10.0 Å². The van der Waals surface area contributed by atoms with Gasteiger partial charge in [0.15, 0.2) is 0 Å². The molecule has 0 radical (unpaired) electrons. The number of nitrogens with one attached hydrogen (secondary N) is 2. The number of sulfonamides is 1. The van der Waals surface area contributed by atoms with Crippen LogP contribution in [0.15, 0.2) is 41.3 Å². The summed E-state index contributed by atoms with van der Waals surface area (Å²) in [6.45, 7) is 1.93. The van der Waals surface area contributed by atoms with Crippen LogP contribution in [0.3, 0.4) is 0 Å². The third kappa shape index (κ3) is 3.69. The Morgan fingerprint density at radius 1 is 1.20 bits per heavy atom. The molecular formula is C17H18N2O5S. The van der Waals surface area contributed by atoms with E-state index in [2.05, 4.69) is 10.0 Å². The van der Waals surface area contributed by atoms with Gasteiger partial charge in [-0.1, -0.05) is 0 Å². The first-order valence-electron chi connectivity index (χ1n) is 7.63. The third-order valence-corrected chi connectivity index (χ3v) is 5.10. The number of hydrogen-bond acceptors (Lipinski definition) is 5. The lowest BCUT2D eigenvalue weighted by atomic mass is 10.2. The predicted octanol–water partition coefficient (Wildman–Crippen LogP) is 2.39. The number of amides is 1. The van der Waals surface area contributed by atoms with Gasteiger partial charge in [-0.15, -0.1) is 0 Å². The molecule has 7 nitrogen and oxygen atoms in total. The van der Waals surface area contributed by atoms with Crippen LogP contribution in [0.25, 0.3) is 0 Å². The number of ether oxygens (including phenoxy) is 2. The molecule has 0 aromatic heterocycles. The van der Waals surface area contributed by atoms with Gasteiger partial charge < -0.3 is 14.8 Å². The second-order valence-corrected chi connectivity index (χ2v) is 7.25. The Hall–Kier alpha value is -2.74. The van der Waals surface area contributed by atoms with Crippen LogP contribution >= 0.6 is 0 Å². The zero-order valence-corrected chi connectivity index (χ0v) is 14.6. The Bertz CT molecular complexity index is 925. The van der Waals surface area contributed by atoms with E-state index < -0.39 is 10.0 Å². The molecule has 0 fully saturated rings. The predicted molar refractivity (Wildman–Crippen MR) is 93.7 cm³/mol. The summed E-state index contributed by atoms with van der Waals surface area (Å²) in [5.74, 6) is 0.809. The fourth-order valence-corrected chi connectivity index (χ4v) is 3.71. The van der Waals surface area contributed by atoms with Crippen molar-refractivity contribution < 1.29 is 22.7 Å². The summed E-state index contributed by atoms with van der Waals surface area (Å²) in [5, 5.41) is 2.61. The van der Waals surface area contributed by atoms with Gasteiger partial charge in [0.2, 0.25) is 5.91 Å². The molecule has 0 bridgehead atoms. The van der Waals surface area contributed by atoms with Gasteiger partial charge in [0, 0.05) is 19.0 Å². The van der Waals surface area contributed by atoms with Crippen molar-refractivity contribution in [2.45, 2.75) is 18.2 Å². The van der Waals surface area contributed by atoms with Gasteiger partial charge in [0.1, 0.15) is 11.5 Å². The number of benzene rings is 2. The number of carbonyl (C=O) groups excluding carboxylic acids is 1. The average Bonchev–Trinajstić information content (AvgIpc) is 3.02. The molecule has 1 aliphatic heterocycles. The van der Waals surface area contributed by atoms with E-state index in [1.165, 1.54) is 26.2 Å². The summed E-state index contributed by atoms with van der Waals surface area (Å²) < 4.78 is 38.5. The molecule has 1 amide bonds. The molecular weight excluding hydrogens is 344 g/mol. The maximum Gasteiger partial charge on any atom is 0.262 e. The van der Waals surface area contributed by atoms with Gasteiger partial charge in [0.05, 0.1) is 24.3 Å². The summed E-state index contributed by atoms with van der Waals surface area (Å²) in [6, 6.07) is 9.48. The largest absolute Gasteiger partial charge is 0.495 e. The van der Waals surface area contributed by atoms with Crippen molar-refractivity contribution in [3.05, 3.63) is 42.0 Å². The molecule has 25 heavy (non-hydrogen) atoms. The number of rotatable bonds is 5. The number of methoxy groups -OCH3 is 1. The molecule has 2 N–H and O–H groups in total. The SMILES string of the molecule is COc1ccc(NC(C)=O)cc1NS(=O)(=O)c1ccc2c(c1)CCO2. The molecule has 0 unspecified atom stereocenters. The highest BCUT2D eigenvalue weighted by atomic mass is 32.2. The van der Waals surface area contributed by atoms with E-state index in [9.17, 15) is 13.2 Å². The molecule has 3 rings (SSSR count). The first kappa shape index (κ1) is 17.1. The minimum absolute atomic E-state index is 0.142. The number of fused-ring (bicyclic) bond motifs is 1. The third-order valence-electron chi connectivity index (χ3n) is 3.74. The zero-order chi connectivity index (χ0) is 18.0. The van der Waals surface area contributed by atoms with Crippen LogP contribution in [-0.2, 0) is 21.2 Å². The number of anilines is 2. The van der Waals surface area contributed by atoms with Crippen LogP contribution in [-0.4, -0.2) is 28.0 Å². The van der Waals surface area contributed by atoms with Gasteiger partial charge in [-0.3, -0.25) is 9.52 Å². The lowest BCUT2D eigenvalue weighted by Gasteiger charge is -2.14. The van der Waals surface area contributed by atoms with Crippen LogP contribution in [0.2, 0.25) is 0 Å². The summed E-state index contributed by atoms with van der Waals surface area (Å²) >= 11 is 0. The van der Waals surface area contributed by atoms with Crippen LogP contribution in [0.5, 0.6) is 11.5 Å². The van der Waals surface area contributed by atoms with Crippen molar-refractivity contribution in [3.8, 4) is 11.5 Å². The van der Waals surface area contributed by atoms with Crippen molar-refractivity contribution in [1.82, 2.24) is 0 Å². The molecule has 0 saturated heterocycles. The summed E-state index contributed by atoms with van der Waals surface area (Å²) in [5.41, 5.74) is 1.57. The van der Waals surface area contributed by atoms with E-state index in [1.54, 1.807) is 24.3 Å². The van der Waals surface area contributed by atoms with Crippen LogP contribution < -0.4 is 19.5 Å². The van der Waals surface area contributed by atoms with E-state index in [0.29, 0.717) is 30.2 Å². The lowest BCUT2D eigenvalue weighted by molar-refractivity contribution is -0.114. The second kappa shape index (κ2) is 6.64. The molecule has 0 saturated carbocycles. The fraction of sp³-hybridized carbons (Fsp3) is 0.235. The van der Waals surface area contributed by atoms with E-state index in [0.717, 1.165) is 5.56 Å². The minimum atomic E-state index is -3.81. The monoisotopic (exact) mass is 362 g/mol. The van der Waals surface area contributed by atoms with E-state index in [-0.39, 0.29) is 16.5 Å². The molecule has 2 aromatic carbocycles. The fourth-order valence-electron chi connectivity index (χ4n) is 2.60. The second-order valence-electron chi connectivity index (χ2n) is 5.57. The van der Waals surface area contributed by atoms with Crippen molar-refractivity contribution in [2.75, 3.05) is 23.8 Å². The number of hydrogen-bond donors (Lipinski definition) is 2. The molecule has 0 aliphatic carbocycles. The molecule has 1 aliphatic rings. The van der Waals surface area contributed by atoms with Gasteiger partial charge in [-0.2, -0.15) is 0 Å². The van der Waals surface area contributed by atoms with Gasteiger partial charge in [-0.05, 0) is 42.0 Å². The van der Waals surface area contributed by atoms with E-state index in [4.69, 9.17) is 9.47 Å². The first-order chi connectivity index (χ1) is 11.9. The molecule has 0 atom stereocenters. The van der Waals surface area contributed by atoms with Crippen molar-refractivity contribution in [1.29, 1.82) is 0 Å². The molecule has 2 aromatic rings. The molecule has 8 heteroatoms. The Kier molecular flexibility index (Phi) is 4.54. The maximum atomic E-state index is 12.7. The zero-order valence-electron chi connectivity index (χ0n) is 13.8. The standard InChI is InChI=1S/C17H18N2O5S/c1-11(20)18-13-3-5-17(23-2)15(10-13)19-25(21,22)14-4-6-16-12(9-14)7-8-24-16/h3-6,9-10,19H,7-8H2,1-2H3,(H,18,20). The van der Waals surface area contributed by atoms with Crippen LogP contribution in [0.1, 0.15) is 12.5 Å². The average molecular weight is 362 g/mol. The van der Waals surface area contributed by atoms with Crippen molar-refractivity contribution in [3.63, 3.8) is 0 Å². The minimum Gasteiger partial charge on any atom is -0.495 e. The highest BCUT2D eigenvalue weighted by Gasteiger charge is 2.21. The Labute approximate surface area is 146 Å². The summed E-state index contributed by atoms with van der Waals surface area (Å²) in [6.07, 6.45) is 0.681. The van der Waals surface area contributed by atoms with Gasteiger partial charge in [-0.25, -0.2) is 8.42 Å². The van der Waals surface area contributed by atoms with E-state index in [1.807, 2.05) is 0 Å². The summed E-state index contributed by atoms with van der Waals surface area (Å²) in [7, 11) is -2.37. The molecule has 1 heterocycles. The maximum absolute atomic E-state index is 12.7. The normalized spacial score (nSPS) is 12.9. The van der Waals surface area contributed by atoms with Crippen LogP contribution in [0.4, 0.5) is 11.4 Å². The topological polar surface area (TPSA) is 93.7 Å². The summed E-state index contributed by atoms with van der Waals surface area (Å²) in [4.78, 5) is 11.3. The first-order valence-corrected chi connectivity index (χ1v) is 9.11. The Morgan fingerprint density at radius 3 is 2.72 bits per heavy atom. The molecule has 0 spiro atoms. The Balaban J connectivity index is 1.93. The van der Waals surface area contributed by atoms with E-state index >= 15 is 0 Å². The smallest absolute Gasteiger partial charge is 0.262 e. The highest BCUT2D eigenvalue weighted by molar-refractivity contribution is 7.92. The highest BCUT2D eigenvalue weighted by Crippen LogP contribution is 2.32. The van der Waals surface area contributed by atoms with Gasteiger partial charge >= 0.3 is 0 Å². The number of carbonyl (C=O) groups is 1. The lowest BCUT2D eigenvalue weighted by Crippen LogP contribution is -2.14. The molecule has 132 valence electrons. The van der Waals surface area contributed by atoms with Crippen molar-refractivity contribution >= 4 is 27.3 Å².